The van der Waals surface area contributed by atoms with Crippen molar-refractivity contribution >= 4 is 8.07 Å². The van der Waals surface area contributed by atoms with E-state index in [0.717, 1.165) is 6.42 Å². The number of benzene rings is 4. The fraction of sp³-hybridized carbons (Fsp3) is 0.161. The molecule has 0 spiro atoms. The van der Waals surface area contributed by atoms with E-state index in [1.165, 1.54) is 50.6 Å². The molecular weight excluding hydrogens is 492 g/mol. The molecule has 0 unspecified atom stereocenters. The Balaban J connectivity index is 0.00000228. The summed E-state index contributed by atoms with van der Waals surface area (Å²) in [6.07, 6.45) is 3.20. The van der Waals surface area contributed by atoms with Gasteiger partial charge in [-0.25, -0.2) is 0 Å². The predicted octanol–water partition coefficient (Wildman–Crippen LogP) is 8.34. The molecule has 0 fully saturated rings. The third-order valence-corrected chi connectivity index (χ3v) is 13.1. The Morgan fingerprint density at radius 3 is 1.21 bits per heavy atom. The molecule has 2 aliphatic rings. The van der Waals surface area contributed by atoms with Crippen LogP contribution in [-0.4, -0.2) is 8.07 Å². The van der Waals surface area contributed by atoms with Gasteiger partial charge in [-0.2, -0.15) is 0 Å². The molecule has 0 amide bonds. The molecule has 0 radical (unpaired) electrons. The first-order valence-electron chi connectivity index (χ1n) is 11.7. The average molecular weight is 520 g/mol. The fourth-order valence-electron chi connectivity index (χ4n) is 6.60. The zero-order valence-corrected chi connectivity index (χ0v) is 22.5. The molecule has 4 aromatic carbocycles. The summed E-state index contributed by atoms with van der Waals surface area (Å²) < 4.78 is 0. The summed E-state index contributed by atoms with van der Waals surface area (Å²) in [5.41, 5.74) is 12.9. The predicted molar refractivity (Wildman–Crippen MR) is 139 cm³/mol. The fourth-order valence-corrected chi connectivity index (χ4v) is 12.2. The van der Waals surface area contributed by atoms with Crippen LogP contribution in [0.25, 0.3) is 22.3 Å². The number of hydrogen-bond donors (Lipinski definition) is 0. The van der Waals surface area contributed by atoms with Crippen molar-refractivity contribution in [2.24, 2.45) is 0 Å². The molecule has 0 saturated heterocycles. The first kappa shape index (κ1) is 22.5. The van der Waals surface area contributed by atoms with Crippen molar-refractivity contribution in [2.75, 3.05) is 0 Å². The molecule has 0 aliphatic heterocycles. The van der Waals surface area contributed by atoms with E-state index in [0.29, 0.717) is 11.1 Å². The van der Waals surface area contributed by atoms with Crippen molar-refractivity contribution in [3.05, 3.63) is 132 Å². The third-order valence-electron chi connectivity index (χ3n) is 7.87. The minimum absolute atomic E-state index is 0. The summed E-state index contributed by atoms with van der Waals surface area (Å²) in [5.74, 6) is 0. The van der Waals surface area contributed by atoms with Gasteiger partial charge in [-0.05, 0) is 50.9 Å². The van der Waals surface area contributed by atoms with E-state index in [4.69, 9.17) is 0 Å². The van der Waals surface area contributed by atoms with Crippen LogP contribution in [0.2, 0.25) is 12.6 Å². The zero-order chi connectivity index (χ0) is 21.7. The number of allylic oxidation sites excluding steroid dienone is 1. The van der Waals surface area contributed by atoms with E-state index in [1.807, 2.05) is 0 Å². The van der Waals surface area contributed by atoms with Crippen LogP contribution in [0, 0.1) is 0 Å². The van der Waals surface area contributed by atoms with Crippen LogP contribution in [0.1, 0.15) is 39.8 Å². The molecule has 0 bridgehead atoms. The maximum absolute atomic E-state index is 4.12. The molecule has 2 aliphatic carbocycles. The SMILES string of the molecule is C=CCC[Si](C)(C1c2ccccc2-c2ccccc21)C1c2ccccc2-c2ccccc21.[Zr]. The Morgan fingerprint density at radius 1 is 0.606 bits per heavy atom. The van der Waals surface area contributed by atoms with Gasteiger partial charge in [0.05, 0.1) is 8.07 Å². The maximum atomic E-state index is 4.12. The number of hydrogen-bond acceptors (Lipinski definition) is 0. The molecular formula is C31H28SiZr. The van der Waals surface area contributed by atoms with Gasteiger partial charge in [-0.1, -0.05) is 116 Å². The van der Waals surface area contributed by atoms with E-state index in [9.17, 15) is 0 Å². The third kappa shape index (κ3) is 3.34. The van der Waals surface area contributed by atoms with Crippen molar-refractivity contribution < 1.29 is 26.2 Å². The number of fused-ring (bicyclic) bond motifs is 6. The van der Waals surface area contributed by atoms with Crippen LogP contribution in [0.3, 0.4) is 0 Å². The largest absolute Gasteiger partial charge is 0.103 e. The standard InChI is InChI=1S/C31H28Si.Zr/c1-3-4-21-32(2,30-26-17-9-5-13-22(26)23-14-6-10-18-27(23)30)31-28-19-11-7-15-24(28)25-16-8-12-20-29(25)31;/h3,5-20,30-31H,1,4,21H2,2H3;. The van der Waals surface area contributed by atoms with Gasteiger partial charge in [0.25, 0.3) is 0 Å². The summed E-state index contributed by atoms with van der Waals surface area (Å²) in [7, 11) is -1.98. The van der Waals surface area contributed by atoms with E-state index in [2.05, 4.69) is 116 Å². The monoisotopic (exact) mass is 518 g/mol. The quantitative estimate of drug-likeness (QED) is 0.184. The van der Waals surface area contributed by atoms with Crippen LogP contribution >= 0.6 is 0 Å². The zero-order valence-electron chi connectivity index (χ0n) is 19.1. The van der Waals surface area contributed by atoms with Gasteiger partial charge in [0.1, 0.15) is 0 Å². The Labute approximate surface area is 217 Å². The van der Waals surface area contributed by atoms with Gasteiger partial charge < -0.3 is 0 Å². The van der Waals surface area contributed by atoms with Crippen LogP contribution in [0.4, 0.5) is 0 Å². The Morgan fingerprint density at radius 2 is 0.909 bits per heavy atom. The molecule has 0 atom stereocenters. The Kier molecular flexibility index (Phi) is 6.02. The molecule has 0 N–H and O–H groups in total. The topological polar surface area (TPSA) is 0 Å². The Hall–Kier alpha value is -2.28. The second kappa shape index (κ2) is 8.82. The number of rotatable bonds is 5. The molecule has 0 nitrogen and oxygen atoms in total. The van der Waals surface area contributed by atoms with E-state index in [-0.39, 0.29) is 26.2 Å². The van der Waals surface area contributed by atoms with Gasteiger partial charge in [-0.15, -0.1) is 6.58 Å². The van der Waals surface area contributed by atoms with Crippen molar-refractivity contribution in [1.82, 2.24) is 0 Å². The van der Waals surface area contributed by atoms with E-state index in [1.54, 1.807) is 0 Å². The van der Waals surface area contributed by atoms with Crippen molar-refractivity contribution in [1.29, 1.82) is 0 Å². The summed E-state index contributed by atoms with van der Waals surface area (Å²) in [4.78, 5) is 0. The van der Waals surface area contributed by atoms with Crippen LogP contribution in [0.15, 0.2) is 110 Å². The summed E-state index contributed by atoms with van der Waals surface area (Å²) in [6, 6.07) is 37.8. The smallest absolute Gasteiger partial charge is 0.0764 e. The normalized spacial score (nSPS) is 14.1. The van der Waals surface area contributed by atoms with E-state index < -0.39 is 8.07 Å². The summed E-state index contributed by atoms with van der Waals surface area (Å²) in [5, 5.41) is 0. The summed E-state index contributed by atoms with van der Waals surface area (Å²) >= 11 is 0. The molecule has 4 aromatic rings. The van der Waals surface area contributed by atoms with Crippen LogP contribution < -0.4 is 0 Å². The molecule has 160 valence electrons. The van der Waals surface area contributed by atoms with Crippen molar-refractivity contribution in [2.45, 2.75) is 30.1 Å². The maximum Gasteiger partial charge on any atom is 0.0764 e. The second-order valence-electron chi connectivity index (χ2n) is 9.55. The van der Waals surface area contributed by atoms with Gasteiger partial charge >= 0.3 is 0 Å². The first-order chi connectivity index (χ1) is 15.7. The van der Waals surface area contributed by atoms with Gasteiger partial charge in [0, 0.05) is 37.3 Å². The molecule has 6 rings (SSSR count). The van der Waals surface area contributed by atoms with Crippen LogP contribution in [-0.2, 0) is 26.2 Å². The molecule has 0 heterocycles. The Bertz CT molecular complexity index is 1150. The van der Waals surface area contributed by atoms with E-state index >= 15 is 0 Å². The van der Waals surface area contributed by atoms with Gasteiger partial charge in [0.15, 0.2) is 0 Å². The first-order valence-corrected chi connectivity index (χ1v) is 14.6. The van der Waals surface area contributed by atoms with Crippen molar-refractivity contribution in [3.8, 4) is 22.3 Å². The molecule has 0 saturated carbocycles. The minimum atomic E-state index is -1.98. The summed E-state index contributed by atoms with van der Waals surface area (Å²) in [6.45, 7) is 6.79. The second-order valence-corrected chi connectivity index (χ2v) is 14.2. The van der Waals surface area contributed by atoms with Gasteiger partial charge in [0.2, 0.25) is 0 Å². The minimum Gasteiger partial charge on any atom is -0.103 e. The molecule has 33 heavy (non-hydrogen) atoms. The molecule has 0 aromatic heterocycles. The average Bonchev–Trinajstić information content (AvgIpc) is 3.37. The molecule has 2 heteroatoms. The van der Waals surface area contributed by atoms with Gasteiger partial charge in [-0.3, -0.25) is 0 Å². The van der Waals surface area contributed by atoms with Crippen LogP contribution in [0.5, 0.6) is 0 Å². The van der Waals surface area contributed by atoms with Crippen molar-refractivity contribution in [3.63, 3.8) is 0 Å².